The minimum absolute atomic E-state index is 0.737. The monoisotopic (exact) mass is 251 g/mol. The highest BCUT2D eigenvalue weighted by atomic mass is 15.0. The van der Waals surface area contributed by atoms with Crippen LogP contribution in [0.1, 0.15) is 78.6 Å². The molecule has 106 valence electrons. The molecule has 2 saturated carbocycles. The molecule has 2 aliphatic carbocycles. The first-order valence-corrected chi connectivity index (χ1v) is 8.43. The maximum Gasteiger partial charge on any atom is 0.00978 e. The molecule has 0 amide bonds. The van der Waals surface area contributed by atoms with Crippen molar-refractivity contribution in [3.8, 4) is 0 Å². The third-order valence-corrected chi connectivity index (χ3v) is 5.54. The van der Waals surface area contributed by atoms with Crippen molar-refractivity contribution in [1.82, 2.24) is 5.32 Å². The van der Waals surface area contributed by atoms with Gasteiger partial charge in [-0.1, -0.05) is 46.0 Å². The Labute approximate surface area is 114 Å². The predicted molar refractivity (Wildman–Crippen MR) is 79.8 cm³/mol. The molecule has 0 heterocycles. The topological polar surface area (TPSA) is 12.0 Å². The summed E-state index contributed by atoms with van der Waals surface area (Å²) in [6.45, 7) is 7.32. The van der Waals surface area contributed by atoms with Crippen LogP contribution in [0, 0.1) is 17.8 Å². The lowest BCUT2D eigenvalue weighted by atomic mass is 9.79. The van der Waals surface area contributed by atoms with E-state index in [1.807, 2.05) is 0 Å². The zero-order valence-corrected chi connectivity index (χ0v) is 12.8. The third-order valence-electron chi connectivity index (χ3n) is 5.54. The fourth-order valence-electron chi connectivity index (χ4n) is 4.05. The first-order valence-electron chi connectivity index (χ1n) is 8.43. The lowest BCUT2D eigenvalue weighted by Gasteiger charge is -2.37. The molecule has 0 aliphatic heterocycles. The summed E-state index contributed by atoms with van der Waals surface area (Å²) in [7, 11) is 0. The summed E-state index contributed by atoms with van der Waals surface area (Å²) in [6, 6.07) is 1.52. The van der Waals surface area contributed by atoms with Gasteiger partial charge >= 0.3 is 0 Å². The van der Waals surface area contributed by atoms with Crippen molar-refractivity contribution in [3.63, 3.8) is 0 Å². The van der Waals surface area contributed by atoms with E-state index < -0.39 is 0 Å². The second-order valence-electron chi connectivity index (χ2n) is 7.21. The first kappa shape index (κ1) is 14.4. The molecule has 2 fully saturated rings. The molecule has 1 nitrogen and oxygen atoms in total. The van der Waals surface area contributed by atoms with Gasteiger partial charge in [0.1, 0.15) is 0 Å². The van der Waals surface area contributed by atoms with Crippen LogP contribution in [0.25, 0.3) is 0 Å². The molecule has 2 aliphatic rings. The van der Waals surface area contributed by atoms with E-state index in [2.05, 4.69) is 26.1 Å². The highest BCUT2D eigenvalue weighted by molar-refractivity contribution is 4.85. The van der Waals surface area contributed by atoms with Crippen LogP contribution in [0.5, 0.6) is 0 Å². The number of rotatable bonds is 3. The number of hydrogen-bond acceptors (Lipinski definition) is 1. The van der Waals surface area contributed by atoms with E-state index in [0.29, 0.717) is 0 Å². The van der Waals surface area contributed by atoms with Gasteiger partial charge in [0.2, 0.25) is 0 Å². The van der Waals surface area contributed by atoms with Crippen molar-refractivity contribution in [1.29, 1.82) is 0 Å². The van der Waals surface area contributed by atoms with E-state index in [1.54, 1.807) is 0 Å². The standard InChI is InChI=1S/C17H33N/c1-13-10-11-14(2)17(12-13)18-15(3)16-8-6-4-5-7-9-16/h13-18H,4-12H2,1-3H3/t13?,14?,15-,17?/m1/s1. The van der Waals surface area contributed by atoms with E-state index in [1.165, 1.54) is 57.8 Å². The molecule has 18 heavy (non-hydrogen) atoms. The fourth-order valence-corrected chi connectivity index (χ4v) is 4.05. The molecule has 0 radical (unpaired) electrons. The van der Waals surface area contributed by atoms with Crippen molar-refractivity contribution in [3.05, 3.63) is 0 Å². The lowest BCUT2D eigenvalue weighted by molar-refractivity contribution is 0.193. The van der Waals surface area contributed by atoms with E-state index in [4.69, 9.17) is 0 Å². The predicted octanol–water partition coefficient (Wildman–Crippen LogP) is 4.76. The smallest absolute Gasteiger partial charge is 0.00978 e. The van der Waals surface area contributed by atoms with Crippen LogP contribution < -0.4 is 5.32 Å². The van der Waals surface area contributed by atoms with Crippen molar-refractivity contribution in [2.75, 3.05) is 0 Å². The highest BCUT2D eigenvalue weighted by Crippen LogP contribution is 2.31. The minimum Gasteiger partial charge on any atom is -0.311 e. The molecule has 0 bridgehead atoms. The summed E-state index contributed by atoms with van der Waals surface area (Å²) < 4.78 is 0. The lowest BCUT2D eigenvalue weighted by Crippen LogP contribution is -2.46. The van der Waals surface area contributed by atoms with Gasteiger partial charge in [0, 0.05) is 12.1 Å². The van der Waals surface area contributed by atoms with Crippen LogP contribution in [0.2, 0.25) is 0 Å². The maximum atomic E-state index is 4.00. The number of hydrogen-bond donors (Lipinski definition) is 1. The third kappa shape index (κ3) is 3.98. The Morgan fingerprint density at radius 2 is 1.56 bits per heavy atom. The van der Waals surface area contributed by atoms with Gasteiger partial charge in [0.15, 0.2) is 0 Å². The summed E-state index contributed by atoms with van der Waals surface area (Å²) in [6.07, 6.45) is 13.1. The molecule has 0 aromatic rings. The van der Waals surface area contributed by atoms with Crippen molar-refractivity contribution in [2.24, 2.45) is 17.8 Å². The molecule has 0 saturated heterocycles. The van der Waals surface area contributed by atoms with Gasteiger partial charge in [0.25, 0.3) is 0 Å². The van der Waals surface area contributed by atoms with Crippen LogP contribution >= 0.6 is 0 Å². The van der Waals surface area contributed by atoms with Crippen LogP contribution in [0.3, 0.4) is 0 Å². The molecule has 0 aromatic heterocycles. The second-order valence-corrected chi connectivity index (χ2v) is 7.21. The van der Waals surface area contributed by atoms with Gasteiger partial charge in [-0.15, -0.1) is 0 Å². The van der Waals surface area contributed by atoms with Crippen LogP contribution in [-0.2, 0) is 0 Å². The normalized spacial score (nSPS) is 37.2. The van der Waals surface area contributed by atoms with E-state index >= 15 is 0 Å². The number of nitrogens with one attached hydrogen (secondary N) is 1. The zero-order valence-electron chi connectivity index (χ0n) is 12.8. The maximum absolute atomic E-state index is 4.00. The van der Waals surface area contributed by atoms with E-state index in [-0.39, 0.29) is 0 Å². The summed E-state index contributed by atoms with van der Waals surface area (Å²) in [5, 5.41) is 4.00. The summed E-state index contributed by atoms with van der Waals surface area (Å²) in [5.74, 6) is 2.76. The van der Waals surface area contributed by atoms with Gasteiger partial charge in [-0.3, -0.25) is 0 Å². The molecule has 2 rings (SSSR count). The first-order chi connectivity index (χ1) is 8.66. The Balaban J connectivity index is 1.82. The van der Waals surface area contributed by atoms with Gasteiger partial charge in [0.05, 0.1) is 0 Å². The van der Waals surface area contributed by atoms with Crippen molar-refractivity contribution >= 4 is 0 Å². The molecular formula is C17H33N. The second kappa shape index (κ2) is 6.93. The summed E-state index contributed by atoms with van der Waals surface area (Å²) in [4.78, 5) is 0. The Morgan fingerprint density at radius 1 is 0.889 bits per heavy atom. The molecule has 4 atom stereocenters. The molecule has 1 N–H and O–H groups in total. The molecular weight excluding hydrogens is 218 g/mol. The minimum atomic E-state index is 0.737. The van der Waals surface area contributed by atoms with Crippen molar-refractivity contribution < 1.29 is 0 Å². The van der Waals surface area contributed by atoms with E-state index in [9.17, 15) is 0 Å². The van der Waals surface area contributed by atoms with Crippen LogP contribution in [-0.4, -0.2) is 12.1 Å². The molecule has 1 heteroatoms. The Kier molecular flexibility index (Phi) is 5.54. The summed E-state index contributed by atoms with van der Waals surface area (Å²) >= 11 is 0. The van der Waals surface area contributed by atoms with Crippen LogP contribution in [0.15, 0.2) is 0 Å². The average Bonchev–Trinajstić information content (AvgIpc) is 2.62. The molecule has 0 aromatic carbocycles. The molecule has 0 spiro atoms. The molecule has 3 unspecified atom stereocenters. The Hall–Kier alpha value is -0.0400. The van der Waals surface area contributed by atoms with Gasteiger partial charge in [-0.05, 0) is 50.4 Å². The van der Waals surface area contributed by atoms with E-state index in [0.717, 1.165) is 29.8 Å². The van der Waals surface area contributed by atoms with Gasteiger partial charge in [-0.25, -0.2) is 0 Å². The largest absolute Gasteiger partial charge is 0.311 e. The van der Waals surface area contributed by atoms with Crippen LogP contribution in [0.4, 0.5) is 0 Å². The highest BCUT2D eigenvalue weighted by Gasteiger charge is 2.28. The Morgan fingerprint density at radius 3 is 2.22 bits per heavy atom. The van der Waals surface area contributed by atoms with Gasteiger partial charge < -0.3 is 5.32 Å². The average molecular weight is 251 g/mol. The SMILES string of the molecule is CC1CCC(C)C(N[C@H](C)C2CCCCCC2)C1. The quantitative estimate of drug-likeness (QED) is 0.713. The Bertz CT molecular complexity index is 230. The summed E-state index contributed by atoms with van der Waals surface area (Å²) in [5.41, 5.74) is 0. The zero-order chi connectivity index (χ0) is 13.0. The fraction of sp³-hybridized carbons (Fsp3) is 1.00. The van der Waals surface area contributed by atoms with Crippen molar-refractivity contribution in [2.45, 2.75) is 90.6 Å². The van der Waals surface area contributed by atoms with Gasteiger partial charge in [-0.2, -0.15) is 0 Å².